The Bertz CT molecular complexity index is 242. The average Bonchev–Trinajstić information content (AvgIpc) is 2.29. The topological polar surface area (TPSA) is 70.6 Å². The highest BCUT2D eigenvalue weighted by Gasteiger charge is 2.24. The molecule has 4 nitrogen and oxygen atoms in total. The second-order valence-corrected chi connectivity index (χ2v) is 4.38. The maximum absolute atomic E-state index is 9.36. The molecule has 0 rings (SSSR count). The maximum atomic E-state index is 9.36. The summed E-state index contributed by atoms with van der Waals surface area (Å²) in [7, 11) is 0. The molecule has 0 unspecified atom stereocenters. The summed E-state index contributed by atoms with van der Waals surface area (Å²) in [4.78, 5) is 4.26. The third-order valence-electron chi connectivity index (χ3n) is 2.99. The van der Waals surface area contributed by atoms with Crippen molar-refractivity contribution in [1.29, 1.82) is 0 Å². The molecular weight excluding hydrogens is 329 g/mol. The van der Waals surface area contributed by atoms with Crippen LogP contribution in [0.25, 0.3) is 0 Å². The summed E-state index contributed by atoms with van der Waals surface area (Å²) in [5.74, 6) is 0.419. The Hall–Kier alpha value is -0.300. The molecule has 4 N–H and O–H groups in total. The zero-order chi connectivity index (χ0) is 12.6. The standard InChI is InChI=1S/C12H25N3O.HI/c1-5-12(6-2,9-16)8-15-11(13)14-7-10(3)4;/h16H,3,5-9H2,1-2,4H3,(H3,13,14,15);1H. The molecule has 0 aromatic carbocycles. The second kappa shape index (κ2) is 9.70. The van der Waals surface area contributed by atoms with E-state index in [2.05, 4.69) is 30.7 Å². The van der Waals surface area contributed by atoms with Gasteiger partial charge in [-0.05, 0) is 19.8 Å². The van der Waals surface area contributed by atoms with Gasteiger partial charge in [-0.2, -0.15) is 0 Å². The summed E-state index contributed by atoms with van der Waals surface area (Å²) in [6, 6.07) is 0. The van der Waals surface area contributed by atoms with E-state index in [-0.39, 0.29) is 36.0 Å². The first-order chi connectivity index (χ1) is 7.49. The number of nitrogens with zero attached hydrogens (tertiary/aromatic N) is 1. The minimum atomic E-state index is -0.129. The molecule has 0 heterocycles. The van der Waals surface area contributed by atoms with E-state index in [4.69, 9.17) is 5.73 Å². The third kappa shape index (κ3) is 7.59. The van der Waals surface area contributed by atoms with E-state index in [1.54, 1.807) is 0 Å². The lowest BCUT2D eigenvalue weighted by Gasteiger charge is -2.27. The maximum Gasteiger partial charge on any atom is 0.188 e. The molecule has 0 aliphatic carbocycles. The second-order valence-electron chi connectivity index (χ2n) is 4.38. The van der Waals surface area contributed by atoms with Crippen molar-refractivity contribution in [3.05, 3.63) is 12.2 Å². The van der Waals surface area contributed by atoms with E-state index in [1.165, 1.54) is 0 Å². The number of aliphatic imine (C=N–C) groups is 1. The summed E-state index contributed by atoms with van der Waals surface area (Å²) in [6.07, 6.45) is 1.80. The molecule has 0 amide bonds. The molecule has 0 fully saturated rings. The third-order valence-corrected chi connectivity index (χ3v) is 2.99. The van der Waals surface area contributed by atoms with Gasteiger partial charge in [0.15, 0.2) is 5.96 Å². The van der Waals surface area contributed by atoms with Crippen molar-refractivity contribution in [1.82, 2.24) is 5.32 Å². The smallest absolute Gasteiger partial charge is 0.188 e. The van der Waals surface area contributed by atoms with E-state index in [1.807, 2.05) is 6.92 Å². The Kier molecular flexibility index (Phi) is 10.9. The van der Waals surface area contributed by atoms with Crippen LogP contribution in [-0.2, 0) is 0 Å². The van der Waals surface area contributed by atoms with Crippen molar-refractivity contribution in [3.63, 3.8) is 0 Å². The van der Waals surface area contributed by atoms with Crippen LogP contribution in [0.1, 0.15) is 33.6 Å². The number of nitrogens with one attached hydrogen (secondary N) is 1. The zero-order valence-electron chi connectivity index (χ0n) is 11.1. The predicted molar refractivity (Wildman–Crippen MR) is 84.8 cm³/mol. The predicted octanol–water partition coefficient (Wildman–Crippen LogP) is 1.88. The molecule has 0 saturated carbocycles. The lowest BCUT2D eigenvalue weighted by molar-refractivity contribution is 0.123. The fourth-order valence-corrected chi connectivity index (χ4v) is 1.30. The van der Waals surface area contributed by atoms with Crippen LogP contribution in [0.2, 0.25) is 0 Å². The van der Waals surface area contributed by atoms with E-state index in [9.17, 15) is 5.11 Å². The molecule has 0 aliphatic heterocycles. The number of hydrogen-bond acceptors (Lipinski definition) is 2. The van der Waals surface area contributed by atoms with Crippen molar-refractivity contribution in [2.75, 3.05) is 19.7 Å². The van der Waals surface area contributed by atoms with Gasteiger partial charge in [-0.25, -0.2) is 0 Å². The van der Waals surface area contributed by atoms with Gasteiger partial charge in [0.2, 0.25) is 0 Å². The van der Waals surface area contributed by atoms with Crippen molar-refractivity contribution >= 4 is 29.9 Å². The fourth-order valence-electron chi connectivity index (χ4n) is 1.30. The van der Waals surface area contributed by atoms with Gasteiger partial charge in [-0.15, -0.1) is 24.0 Å². The van der Waals surface area contributed by atoms with Crippen LogP contribution in [0.15, 0.2) is 17.1 Å². The Balaban J connectivity index is 0. The normalized spacial score (nSPS) is 11.9. The van der Waals surface area contributed by atoms with Crippen LogP contribution in [0, 0.1) is 5.41 Å². The molecule has 0 atom stereocenters. The lowest BCUT2D eigenvalue weighted by Crippen LogP contribution is -2.35. The molecule has 0 aromatic heterocycles. The van der Waals surface area contributed by atoms with E-state index in [0.717, 1.165) is 18.4 Å². The average molecular weight is 355 g/mol. The number of halogens is 1. The number of aliphatic hydroxyl groups excluding tert-OH is 1. The first-order valence-corrected chi connectivity index (χ1v) is 5.78. The van der Waals surface area contributed by atoms with E-state index >= 15 is 0 Å². The van der Waals surface area contributed by atoms with Gasteiger partial charge in [0, 0.05) is 12.0 Å². The number of aliphatic hydroxyl groups is 1. The van der Waals surface area contributed by atoms with Crippen LogP contribution in [0.4, 0.5) is 0 Å². The Morgan fingerprint density at radius 1 is 1.41 bits per heavy atom. The van der Waals surface area contributed by atoms with Gasteiger partial charge in [0.05, 0.1) is 13.2 Å². The molecule has 0 bridgehead atoms. The molecule has 5 heteroatoms. The van der Waals surface area contributed by atoms with Gasteiger partial charge >= 0.3 is 0 Å². The fraction of sp³-hybridized carbons (Fsp3) is 0.750. The van der Waals surface area contributed by atoms with Crippen LogP contribution < -0.4 is 11.1 Å². The van der Waals surface area contributed by atoms with Crippen LogP contribution >= 0.6 is 24.0 Å². The van der Waals surface area contributed by atoms with E-state index in [0.29, 0.717) is 19.0 Å². The van der Waals surface area contributed by atoms with Crippen molar-refractivity contribution in [2.45, 2.75) is 33.6 Å². The molecule has 0 saturated heterocycles. The highest BCUT2D eigenvalue weighted by Crippen LogP contribution is 2.25. The molecule has 0 aromatic rings. The monoisotopic (exact) mass is 355 g/mol. The molecular formula is C12H26IN3O. The number of nitrogens with two attached hydrogens (primary N) is 1. The van der Waals surface area contributed by atoms with Gasteiger partial charge in [-0.1, -0.05) is 26.0 Å². The molecule has 0 aliphatic rings. The van der Waals surface area contributed by atoms with Gasteiger partial charge in [0.25, 0.3) is 0 Å². The van der Waals surface area contributed by atoms with Crippen LogP contribution in [0.3, 0.4) is 0 Å². The molecule has 17 heavy (non-hydrogen) atoms. The molecule has 0 radical (unpaired) electrons. The summed E-state index contributed by atoms with van der Waals surface area (Å²) < 4.78 is 0. The highest BCUT2D eigenvalue weighted by molar-refractivity contribution is 14.0. The van der Waals surface area contributed by atoms with Gasteiger partial charge < -0.3 is 16.2 Å². The van der Waals surface area contributed by atoms with Gasteiger partial charge in [-0.3, -0.25) is 4.99 Å². The summed E-state index contributed by atoms with van der Waals surface area (Å²) >= 11 is 0. The zero-order valence-corrected chi connectivity index (χ0v) is 13.5. The van der Waals surface area contributed by atoms with E-state index < -0.39 is 0 Å². The van der Waals surface area contributed by atoms with Gasteiger partial charge in [0.1, 0.15) is 0 Å². The molecule has 102 valence electrons. The number of hydrogen-bond donors (Lipinski definition) is 3. The minimum absolute atomic E-state index is 0. The van der Waals surface area contributed by atoms with Crippen molar-refractivity contribution in [3.8, 4) is 0 Å². The lowest BCUT2D eigenvalue weighted by atomic mass is 9.83. The Labute approximate surface area is 122 Å². The SMILES string of the molecule is C=C(C)CNC(N)=NCC(CC)(CC)CO.I. The summed E-state index contributed by atoms with van der Waals surface area (Å²) in [6.45, 7) is 11.2. The highest BCUT2D eigenvalue weighted by atomic mass is 127. The minimum Gasteiger partial charge on any atom is -0.396 e. The van der Waals surface area contributed by atoms with Crippen molar-refractivity contribution in [2.24, 2.45) is 16.1 Å². The van der Waals surface area contributed by atoms with Crippen LogP contribution in [-0.4, -0.2) is 30.8 Å². The largest absolute Gasteiger partial charge is 0.396 e. The van der Waals surface area contributed by atoms with Crippen molar-refractivity contribution < 1.29 is 5.11 Å². The first kappa shape index (κ1) is 19.0. The quantitative estimate of drug-likeness (QED) is 0.283. The number of rotatable bonds is 7. The Morgan fingerprint density at radius 2 is 1.94 bits per heavy atom. The first-order valence-electron chi connectivity index (χ1n) is 5.78. The number of guanidine groups is 1. The summed E-state index contributed by atoms with van der Waals surface area (Å²) in [5, 5.41) is 12.3. The van der Waals surface area contributed by atoms with Crippen LogP contribution in [0.5, 0.6) is 0 Å². The molecule has 0 spiro atoms. The summed E-state index contributed by atoms with van der Waals surface area (Å²) in [5.41, 5.74) is 6.59. The Morgan fingerprint density at radius 3 is 2.29 bits per heavy atom.